The molecule has 29 heavy (non-hydrogen) atoms. The Morgan fingerprint density at radius 3 is 2.52 bits per heavy atom. The number of carbonyl (C=O) groups is 1. The highest BCUT2D eigenvalue weighted by Gasteiger charge is 2.09. The van der Waals surface area contributed by atoms with Crippen LogP contribution in [0.25, 0.3) is 22.0 Å². The smallest absolute Gasteiger partial charge is 0.315 e. The highest BCUT2D eigenvalue weighted by atomic mass is 79.9. The van der Waals surface area contributed by atoms with Gasteiger partial charge >= 0.3 is 6.03 Å². The summed E-state index contributed by atoms with van der Waals surface area (Å²) in [5.41, 5.74) is 1.90. The number of halogens is 1. The van der Waals surface area contributed by atoms with Crippen molar-refractivity contribution in [2.24, 2.45) is 0 Å². The highest BCUT2D eigenvalue weighted by molar-refractivity contribution is 9.10. The van der Waals surface area contributed by atoms with Gasteiger partial charge in [0.15, 0.2) is 5.82 Å². The van der Waals surface area contributed by atoms with E-state index < -0.39 is 0 Å². The molecule has 2 aromatic heterocycles. The fourth-order valence-electron chi connectivity index (χ4n) is 2.51. The summed E-state index contributed by atoms with van der Waals surface area (Å²) in [5.74, 6) is 1.15. The number of amides is 2. The van der Waals surface area contributed by atoms with Crippen molar-refractivity contribution >= 4 is 33.3 Å². The molecule has 0 atom stereocenters. The third-order valence-corrected chi connectivity index (χ3v) is 5.44. The second-order valence-corrected chi connectivity index (χ2v) is 7.99. The maximum atomic E-state index is 12.0. The first kappa shape index (κ1) is 19.2. The molecule has 0 aliphatic carbocycles. The van der Waals surface area contributed by atoms with Gasteiger partial charge in [-0.05, 0) is 12.1 Å². The average Bonchev–Trinajstić information content (AvgIpc) is 3.42. The van der Waals surface area contributed by atoms with E-state index >= 15 is 0 Å². The summed E-state index contributed by atoms with van der Waals surface area (Å²) in [6.45, 7) is 0.539. The van der Waals surface area contributed by atoms with Crippen LogP contribution in [0.1, 0.15) is 10.8 Å². The number of hydrogen-bond acceptors (Lipinski definition) is 6. The van der Waals surface area contributed by atoms with Gasteiger partial charge in [0.1, 0.15) is 15.8 Å². The van der Waals surface area contributed by atoms with Gasteiger partial charge in [-0.3, -0.25) is 5.10 Å². The molecule has 8 nitrogen and oxygen atoms in total. The summed E-state index contributed by atoms with van der Waals surface area (Å²) in [7, 11) is 0. The Balaban J connectivity index is 1.27. The predicted molar refractivity (Wildman–Crippen MR) is 114 cm³/mol. The second kappa shape index (κ2) is 8.93. The molecule has 0 radical (unpaired) electrons. The lowest BCUT2D eigenvalue weighted by Crippen LogP contribution is -2.34. The largest absolute Gasteiger partial charge is 0.332 e. The van der Waals surface area contributed by atoms with Crippen LogP contribution >= 0.6 is 27.3 Å². The zero-order chi connectivity index (χ0) is 20.1. The van der Waals surface area contributed by atoms with E-state index in [1.807, 2.05) is 54.6 Å². The number of urea groups is 1. The van der Waals surface area contributed by atoms with Gasteiger partial charge in [-0.15, -0.1) is 10.2 Å². The number of nitrogens with one attached hydrogen (secondary N) is 3. The van der Waals surface area contributed by atoms with E-state index in [9.17, 15) is 4.79 Å². The van der Waals surface area contributed by atoms with Crippen LogP contribution in [0.15, 0.2) is 59.1 Å². The van der Waals surface area contributed by atoms with Crippen LogP contribution < -0.4 is 10.6 Å². The Morgan fingerprint density at radius 2 is 1.72 bits per heavy atom. The van der Waals surface area contributed by atoms with Crippen LogP contribution in [0.2, 0.25) is 0 Å². The number of H-pyrrole nitrogens is 1. The first-order valence-corrected chi connectivity index (χ1v) is 10.3. The minimum Gasteiger partial charge on any atom is -0.332 e. The van der Waals surface area contributed by atoms with Gasteiger partial charge < -0.3 is 10.6 Å². The van der Waals surface area contributed by atoms with Gasteiger partial charge in [0.2, 0.25) is 0 Å². The molecule has 2 heterocycles. The van der Waals surface area contributed by atoms with Crippen molar-refractivity contribution < 1.29 is 4.79 Å². The summed E-state index contributed by atoms with van der Waals surface area (Å²) in [6.07, 6.45) is 0. The molecule has 0 bridgehead atoms. The topological polar surface area (TPSA) is 108 Å². The zero-order valence-electron chi connectivity index (χ0n) is 15.1. The van der Waals surface area contributed by atoms with Crippen LogP contribution in [-0.2, 0) is 13.1 Å². The molecule has 0 fully saturated rings. The minimum absolute atomic E-state index is 0.237. The number of hydrogen-bond donors (Lipinski definition) is 3. The third kappa shape index (κ3) is 5.04. The fourth-order valence-corrected chi connectivity index (χ4v) is 3.56. The molecular weight excluding hydrogens is 454 g/mol. The lowest BCUT2D eigenvalue weighted by Gasteiger charge is -2.03. The molecule has 2 aromatic carbocycles. The van der Waals surface area contributed by atoms with Gasteiger partial charge in [-0.2, -0.15) is 5.10 Å². The van der Waals surface area contributed by atoms with E-state index in [1.165, 1.54) is 11.3 Å². The van der Waals surface area contributed by atoms with Crippen LogP contribution in [-0.4, -0.2) is 31.4 Å². The van der Waals surface area contributed by atoms with Crippen LogP contribution in [0.5, 0.6) is 0 Å². The molecule has 0 aliphatic heterocycles. The van der Waals surface area contributed by atoms with Gasteiger partial charge in [0, 0.05) is 15.6 Å². The SMILES string of the molecule is O=C(NCc1nc(-c2ccc(Br)cc2)n[nH]1)NCc1nnc(-c2ccccc2)s1. The van der Waals surface area contributed by atoms with Crippen molar-refractivity contribution in [3.8, 4) is 22.0 Å². The highest BCUT2D eigenvalue weighted by Crippen LogP contribution is 2.22. The normalized spacial score (nSPS) is 10.7. The lowest BCUT2D eigenvalue weighted by molar-refractivity contribution is 0.240. The second-order valence-electron chi connectivity index (χ2n) is 6.02. The Bertz CT molecular complexity index is 1100. The zero-order valence-corrected chi connectivity index (χ0v) is 17.5. The molecule has 0 unspecified atom stereocenters. The summed E-state index contributed by atoms with van der Waals surface area (Å²) >= 11 is 4.85. The van der Waals surface area contributed by atoms with E-state index in [0.717, 1.165) is 25.6 Å². The van der Waals surface area contributed by atoms with Gasteiger partial charge in [0.05, 0.1) is 13.1 Å². The Morgan fingerprint density at radius 1 is 0.966 bits per heavy atom. The Labute approximate surface area is 178 Å². The minimum atomic E-state index is -0.317. The van der Waals surface area contributed by atoms with Crippen LogP contribution in [0.3, 0.4) is 0 Å². The molecule has 0 saturated carbocycles. The number of rotatable bonds is 6. The Hall–Kier alpha value is -3.11. The van der Waals surface area contributed by atoms with Crippen molar-refractivity contribution in [1.82, 2.24) is 36.0 Å². The maximum absolute atomic E-state index is 12.0. The Kier molecular flexibility index (Phi) is 5.92. The number of aromatic amines is 1. The summed E-state index contributed by atoms with van der Waals surface area (Å²) < 4.78 is 0.988. The van der Waals surface area contributed by atoms with Crippen molar-refractivity contribution in [3.05, 3.63) is 69.9 Å². The molecule has 3 N–H and O–H groups in total. The average molecular weight is 470 g/mol. The van der Waals surface area contributed by atoms with Crippen LogP contribution in [0.4, 0.5) is 4.79 Å². The van der Waals surface area contributed by atoms with E-state index in [4.69, 9.17) is 0 Å². The van der Waals surface area contributed by atoms with Crippen molar-refractivity contribution in [2.45, 2.75) is 13.1 Å². The fraction of sp³-hybridized carbons (Fsp3) is 0.105. The van der Waals surface area contributed by atoms with Gasteiger partial charge in [-0.25, -0.2) is 9.78 Å². The third-order valence-electron chi connectivity index (χ3n) is 3.94. The molecular formula is C19H16BrN7OS. The monoisotopic (exact) mass is 469 g/mol. The quantitative estimate of drug-likeness (QED) is 0.398. The molecule has 0 aliphatic rings. The molecule has 10 heteroatoms. The van der Waals surface area contributed by atoms with Gasteiger partial charge in [0.25, 0.3) is 0 Å². The molecule has 0 spiro atoms. The number of benzene rings is 2. The van der Waals surface area contributed by atoms with Crippen LogP contribution in [0, 0.1) is 0 Å². The molecule has 2 amide bonds. The predicted octanol–water partition coefficient (Wildman–Crippen LogP) is 3.75. The van der Waals surface area contributed by atoms with E-state index in [-0.39, 0.29) is 12.6 Å². The molecule has 146 valence electrons. The lowest BCUT2D eigenvalue weighted by atomic mass is 10.2. The van der Waals surface area contributed by atoms with E-state index in [0.29, 0.717) is 18.2 Å². The summed E-state index contributed by atoms with van der Waals surface area (Å²) in [6, 6.07) is 17.2. The first-order chi connectivity index (χ1) is 14.2. The van der Waals surface area contributed by atoms with E-state index in [1.54, 1.807) is 0 Å². The molecule has 0 saturated heterocycles. The van der Waals surface area contributed by atoms with Gasteiger partial charge in [-0.1, -0.05) is 69.7 Å². The number of carbonyl (C=O) groups excluding carboxylic acids is 1. The molecule has 4 aromatic rings. The standard InChI is InChI=1S/C19H16BrN7OS/c20-14-8-6-12(7-9-14)17-23-15(24-26-17)10-21-19(28)22-11-16-25-27-18(29-16)13-4-2-1-3-5-13/h1-9H,10-11H2,(H2,21,22,28)(H,23,24,26). The molecule has 4 rings (SSSR count). The van der Waals surface area contributed by atoms with Crippen molar-refractivity contribution in [1.29, 1.82) is 0 Å². The first-order valence-electron chi connectivity index (χ1n) is 8.74. The number of nitrogens with zero attached hydrogens (tertiary/aromatic N) is 4. The maximum Gasteiger partial charge on any atom is 0.315 e. The summed E-state index contributed by atoms with van der Waals surface area (Å²) in [5, 5.41) is 22.4. The number of aromatic nitrogens is 5. The van der Waals surface area contributed by atoms with Crippen molar-refractivity contribution in [2.75, 3.05) is 0 Å². The van der Waals surface area contributed by atoms with Crippen molar-refractivity contribution in [3.63, 3.8) is 0 Å². The van der Waals surface area contributed by atoms with E-state index in [2.05, 4.69) is 51.9 Å². The summed E-state index contributed by atoms with van der Waals surface area (Å²) in [4.78, 5) is 16.4.